The van der Waals surface area contributed by atoms with Crippen LogP contribution < -0.4 is 10.6 Å². The summed E-state index contributed by atoms with van der Waals surface area (Å²) < 4.78 is 5.63. The van der Waals surface area contributed by atoms with Gasteiger partial charge in [0.1, 0.15) is 12.6 Å². The highest BCUT2D eigenvalue weighted by atomic mass is 16.5. The van der Waals surface area contributed by atoms with Crippen molar-refractivity contribution in [2.45, 2.75) is 56.5 Å². The standard InChI is InChI=1S/C27H30N2O5/c30-25(29-24(26(31)32)16-9-10-16)17-11-13-18(14-12-17)28-27(33)34-15-23-21-7-3-1-5-19(21)20-6-2-4-8-22(20)23/h1-8,16-18,23-24H,9-15H2,(H,28,33)(H,29,30)(H,31,32). The molecule has 0 aromatic heterocycles. The van der Waals surface area contributed by atoms with Gasteiger partial charge in [0.05, 0.1) is 0 Å². The monoisotopic (exact) mass is 462 g/mol. The lowest BCUT2D eigenvalue weighted by Crippen LogP contribution is -2.47. The molecule has 34 heavy (non-hydrogen) atoms. The number of ether oxygens (including phenoxy) is 1. The Hall–Kier alpha value is -3.35. The number of benzene rings is 2. The van der Waals surface area contributed by atoms with E-state index < -0.39 is 18.1 Å². The van der Waals surface area contributed by atoms with Crippen molar-refractivity contribution in [3.63, 3.8) is 0 Å². The number of hydrogen-bond donors (Lipinski definition) is 3. The van der Waals surface area contributed by atoms with Crippen LogP contribution >= 0.6 is 0 Å². The van der Waals surface area contributed by atoms with E-state index >= 15 is 0 Å². The predicted octanol–water partition coefficient (Wildman–Crippen LogP) is 4.06. The first-order valence-corrected chi connectivity index (χ1v) is 12.2. The molecule has 0 spiro atoms. The summed E-state index contributed by atoms with van der Waals surface area (Å²) in [7, 11) is 0. The molecule has 2 fully saturated rings. The van der Waals surface area contributed by atoms with Crippen molar-refractivity contribution in [2.75, 3.05) is 6.61 Å². The Morgan fingerprint density at radius 2 is 1.47 bits per heavy atom. The second-order valence-corrected chi connectivity index (χ2v) is 9.68. The fourth-order valence-electron chi connectivity index (χ4n) is 5.39. The molecular weight excluding hydrogens is 432 g/mol. The molecule has 2 amide bonds. The molecule has 0 bridgehead atoms. The number of nitrogens with one attached hydrogen (secondary N) is 2. The second-order valence-electron chi connectivity index (χ2n) is 9.68. The normalized spacial score (nSPS) is 22.2. The topological polar surface area (TPSA) is 105 Å². The Morgan fingerprint density at radius 3 is 2.03 bits per heavy atom. The lowest BCUT2D eigenvalue weighted by Gasteiger charge is -2.29. The van der Waals surface area contributed by atoms with Gasteiger partial charge in [0, 0.05) is 17.9 Å². The van der Waals surface area contributed by atoms with E-state index in [1.54, 1.807) is 0 Å². The Morgan fingerprint density at radius 1 is 0.882 bits per heavy atom. The van der Waals surface area contributed by atoms with Gasteiger partial charge in [0.25, 0.3) is 0 Å². The van der Waals surface area contributed by atoms with Gasteiger partial charge >= 0.3 is 12.1 Å². The summed E-state index contributed by atoms with van der Waals surface area (Å²) in [5, 5.41) is 15.0. The number of rotatable bonds is 7. The zero-order valence-electron chi connectivity index (χ0n) is 19.0. The molecule has 1 atom stereocenters. The maximum atomic E-state index is 12.5. The first-order valence-electron chi connectivity index (χ1n) is 12.2. The first kappa shape index (κ1) is 22.4. The van der Waals surface area contributed by atoms with E-state index in [1.165, 1.54) is 22.3 Å². The molecule has 3 aliphatic rings. The number of carbonyl (C=O) groups excluding carboxylic acids is 2. The van der Waals surface area contributed by atoms with Crippen molar-refractivity contribution in [3.8, 4) is 11.1 Å². The number of fused-ring (bicyclic) bond motifs is 3. The molecule has 0 saturated heterocycles. The fourth-order valence-corrected chi connectivity index (χ4v) is 5.39. The molecule has 1 unspecified atom stereocenters. The van der Waals surface area contributed by atoms with Crippen molar-refractivity contribution in [2.24, 2.45) is 11.8 Å². The molecule has 178 valence electrons. The van der Waals surface area contributed by atoms with Crippen molar-refractivity contribution < 1.29 is 24.2 Å². The third-order valence-corrected chi connectivity index (χ3v) is 7.42. The highest BCUT2D eigenvalue weighted by Crippen LogP contribution is 2.44. The summed E-state index contributed by atoms with van der Waals surface area (Å²) in [5.74, 6) is -1.26. The molecule has 7 heteroatoms. The molecule has 3 N–H and O–H groups in total. The number of carbonyl (C=O) groups is 3. The molecule has 3 aliphatic carbocycles. The zero-order valence-corrected chi connectivity index (χ0v) is 19.0. The van der Waals surface area contributed by atoms with E-state index in [9.17, 15) is 19.5 Å². The third kappa shape index (κ3) is 4.65. The molecule has 0 aliphatic heterocycles. The molecule has 2 aromatic carbocycles. The minimum atomic E-state index is -0.957. The van der Waals surface area contributed by atoms with Crippen molar-refractivity contribution in [3.05, 3.63) is 59.7 Å². The van der Waals surface area contributed by atoms with Gasteiger partial charge in [-0.25, -0.2) is 9.59 Å². The quantitative estimate of drug-likeness (QED) is 0.576. The molecule has 2 saturated carbocycles. The average Bonchev–Trinajstić information content (AvgIpc) is 3.63. The van der Waals surface area contributed by atoms with E-state index in [1.807, 2.05) is 24.3 Å². The van der Waals surface area contributed by atoms with Gasteiger partial charge in [-0.15, -0.1) is 0 Å². The van der Waals surface area contributed by atoms with Crippen molar-refractivity contribution in [1.82, 2.24) is 10.6 Å². The van der Waals surface area contributed by atoms with Crippen LogP contribution in [0.4, 0.5) is 4.79 Å². The van der Waals surface area contributed by atoms with Gasteiger partial charge in [-0.3, -0.25) is 4.79 Å². The van der Waals surface area contributed by atoms with Crippen molar-refractivity contribution in [1.29, 1.82) is 0 Å². The Bertz CT molecular complexity index is 1040. The highest BCUT2D eigenvalue weighted by molar-refractivity contribution is 5.85. The van der Waals surface area contributed by atoms with Crippen LogP contribution in [0.2, 0.25) is 0 Å². The van der Waals surface area contributed by atoms with Gasteiger partial charge in [-0.1, -0.05) is 48.5 Å². The largest absolute Gasteiger partial charge is 0.480 e. The van der Waals surface area contributed by atoms with E-state index in [2.05, 4.69) is 34.9 Å². The van der Waals surface area contributed by atoms with Crippen LogP contribution in [0.5, 0.6) is 0 Å². The number of aliphatic carboxylic acids is 1. The predicted molar refractivity (Wildman–Crippen MR) is 126 cm³/mol. The molecule has 2 aromatic rings. The summed E-state index contributed by atoms with van der Waals surface area (Å²) in [6.45, 7) is 0.273. The second kappa shape index (κ2) is 9.49. The van der Waals surface area contributed by atoms with E-state index in [4.69, 9.17) is 4.74 Å². The Kier molecular flexibility index (Phi) is 6.26. The van der Waals surface area contributed by atoms with E-state index in [0.717, 1.165) is 12.8 Å². The molecule has 5 rings (SSSR count). The third-order valence-electron chi connectivity index (χ3n) is 7.42. The van der Waals surface area contributed by atoms with Gasteiger partial charge in [0.2, 0.25) is 5.91 Å². The van der Waals surface area contributed by atoms with Crippen LogP contribution in [0.15, 0.2) is 48.5 Å². The summed E-state index contributed by atoms with van der Waals surface area (Å²) >= 11 is 0. The molecular formula is C27H30N2O5. The number of carboxylic acid groups (broad SMARTS) is 1. The Balaban J connectivity index is 1.10. The van der Waals surface area contributed by atoms with Crippen LogP contribution in [0.3, 0.4) is 0 Å². The van der Waals surface area contributed by atoms with E-state index in [-0.39, 0.29) is 36.3 Å². The van der Waals surface area contributed by atoms with Gasteiger partial charge in [0.15, 0.2) is 0 Å². The van der Waals surface area contributed by atoms with Crippen LogP contribution in [0.25, 0.3) is 11.1 Å². The summed E-state index contributed by atoms with van der Waals surface area (Å²) in [4.78, 5) is 36.5. The first-order chi connectivity index (χ1) is 16.5. The minimum absolute atomic E-state index is 0.0197. The SMILES string of the molecule is O=C(NC1CCC(C(=O)NC(C(=O)O)C2CC2)CC1)OCC1c2ccccc2-c2ccccc21. The van der Waals surface area contributed by atoms with Crippen molar-refractivity contribution >= 4 is 18.0 Å². The van der Waals surface area contributed by atoms with E-state index in [0.29, 0.717) is 25.7 Å². The van der Waals surface area contributed by atoms with Gasteiger partial charge in [-0.05, 0) is 66.7 Å². The van der Waals surface area contributed by atoms with Crippen LogP contribution in [-0.4, -0.2) is 41.8 Å². The smallest absolute Gasteiger partial charge is 0.407 e. The number of alkyl carbamates (subject to hydrolysis) is 1. The maximum Gasteiger partial charge on any atom is 0.407 e. The summed E-state index contributed by atoms with van der Waals surface area (Å²) in [6, 6.07) is 15.6. The lowest BCUT2D eigenvalue weighted by atomic mass is 9.85. The molecule has 0 heterocycles. The summed E-state index contributed by atoms with van der Waals surface area (Å²) in [5.41, 5.74) is 4.73. The van der Waals surface area contributed by atoms with Crippen LogP contribution in [0, 0.1) is 11.8 Å². The maximum absolute atomic E-state index is 12.5. The minimum Gasteiger partial charge on any atom is -0.480 e. The van der Waals surface area contributed by atoms with Gasteiger partial charge < -0.3 is 20.5 Å². The van der Waals surface area contributed by atoms with Crippen LogP contribution in [0.1, 0.15) is 55.6 Å². The zero-order chi connectivity index (χ0) is 23.7. The summed E-state index contributed by atoms with van der Waals surface area (Å²) in [6.07, 6.45) is 3.86. The van der Waals surface area contributed by atoms with Gasteiger partial charge in [-0.2, -0.15) is 0 Å². The fraction of sp³-hybridized carbons (Fsp3) is 0.444. The van der Waals surface area contributed by atoms with Crippen LogP contribution in [-0.2, 0) is 14.3 Å². The highest BCUT2D eigenvalue weighted by Gasteiger charge is 2.39. The number of hydrogen-bond acceptors (Lipinski definition) is 4. The molecule has 7 nitrogen and oxygen atoms in total. The number of carboxylic acids is 1. The Labute approximate surface area is 198 Å². The molecule has 0 radical (unpaired) electrons. The average molecular weight is 463 g/mol. The lowest BCUT2D eigenvalue weighted by molar-refractivity contribution is -0.143. The number of amides is 2.